The maximum absolute atomic E-state index is 6.87. The molecule has 260 valence electrons. The summed E-state index contributed by atoms with van der Waals surface area (Å²) in [5.41, 5.74) is 6.35. The molecule has 6 nitrogen and oxygen atoms in total. The molecule has 0 unspecified atom stereocenters. The topological polar surface area (TPSA) is 77.8 Å². The molecule has 0 atom stereocenters. The SMILES string of the molecule is c1ccc(-c2nc3ccc4oc5c(-c6nc(-c7cccc8ccccc78)nc(-c7cc8ccccc8c8ccccc78)n6)cc6ccccc6c5c4c3o2)cc1. The molecule has 3 heterocycles. The van der Waals surface area contributed by atoms with E-state index < -0.39 is 0 Å². The van der Waals surface area contributed by atoms with Crippen molar-refractivity contribution >= 4 is 76.1 Å². The van der Waals surface area contributed by atoms with Crippen LogP contribution in [0, 0.1) is 0 Å². The fraction of sp³-hybridized carbons (Fsp3) is 0. The third-order valence-corrected chi connectivity index (χ3v) is 10.9. The molecule has 12 rings (SSSR count). The minimum atomic E-state index is 0.517. The maximum Gasteiger partial charge on any atom is 0.227 e. The fourth-order valence-electron chi connectivity index (χ4n) is 8.36. The minimum Gasteiger partial charge on any atom is -0.455 e. The van der Waals surface area contributed by atoms with Crippen molar-refractivity contribution in [3.63, 3.8) is 0 Å². The first kappa shape index (κ1) is 30.7. The van der Waals surface area contributed by atoms with Gasteiger partial charge in [0.2, 0.25) is 5.89 Å². The van der Waals surface area contributed by atoms with Crippen LogP contribution in [0.3, 0.4) is 0 Å². The Morgan fingerprint density at radius 3 is 1.73 bits per heavy atom. The summed E-state index contributed by atoms with van der Waals surface area (Å²) in [7, 11) is 0. The monoisotopic (exact) mass is 716 g/mol. The Morgan fingerprint density at radius 1 is 0.339 bits per heavy atom. The number of rotatable bonds is 4. The van der Waals surface area contributed by atoms with E-state index in [1.165, 1.54) is 5.39 Å². The molecule has 0 saturated carbocycles. The summed E-state index contributed by atoms with van der Waals surface area (Å²) in [6.07, 6.45) is 0. The van der Waals surface area contributed by atoms with Gasteiger partial charge in [-0.05, 0) is 79.5 Å². The van der Waals surface area contributed by atoms with Crippen molar-refractivity contribution in [1.29, 1.82) is 0 Å². The summed E-state index contributed by atoms with van der Waals surface area (Å²) in [6, 6.07) is 58.2. The summed E-state index contributed by atoms with van der Waals surface area (Å²) >= 11 is 0. The number of oxazole rings is 1. The lowest BCUT2D eigenvalue weighted by atomic mass is 9.96. The average Bonchev–Trinajstić information content (AvgIpc) is 3.88. The Balaban J connectivity index is 1.19. The van der Waals surface area contributed by atoms with Gasteiger partial charge < -0.3 is 8.83 Å². The molecule has 6 heteroatoms. The lowest BCUT2D eigenvalue weighted by Crippen LogP contribution is -2.01. The molecule has 0 aliphatic heterocycles. The second kappa shape index (κ2) is 11.9. The quantitative estimate of drug-likeness (QED) is 0.169. The summed E-state index contributed by atoms with van der Waals surface area (Å²) in [5, 5.41) is 10.6. The largest absolute Gasteiger partial charge is 0.455 e. The van der Waals surface area contributed by atoms with Crippen LogP contribution in [0.25, 0.3) is 122 Å². The van der Waals surface area contributed by atoms with Gasteiger partial charge in [-0.2, -0.15) is 0 Å². The van der Waals surface area contributed by atoms with Crippen LogP contribution in [0.5, 0.6) is 0 Å². The standard InChI is InChI=1S/C50H28N4O2/c1-2-14-30(15-3-1)50-51-41-25-26-42-44(46(41)56-50)43-35-21-9-6-17-32(35)28-40(45(43)55-42)49-53-47(38-24-12-18-29-13-4-7-19-33(29)38)52-48(54-49)39-27-31-16-5-8-20-34(31)36-22-10-11-23-37(36)39/h1-28H. The van der Waals surface area contributed by atoms with Crippen LogP contribution in [0.15, 0.2) is 179 Å². The first-order valence-electron chi connectivity index (χ1n) is 18.6. The Morgan fingerprint density at radius 2 is 0.929 bits per heavy atom. The summed E-state index contributed by atoms with van der Waals surface area (Å²) in [5.74, 6) is 2.25. The van der Waals surface area contributed by atoms with Crippen molar-refractivity contribution in [1.82, 2.24) is 19.9 Å². The molecule has 12 aromatic rings. The molecule has 3 aromatic heterocycles. The smallest absolute Gasteiger partial charge is 0.227 e. The number of hydrogen-bond acceptors (Lipinski definition) is 6. The van der Waals surface area contributed by atoms with Crippen molar-refractivity contribution in [3.05, 3.63) is 170 Å². The summed E-state index contributed by atoms with van der Waals surface area (Å²) in [4.78, 5) is 20.8. The van der Waals surface area contributed by atoms with Gasteiger partial charge in [-0.3, -0.25) is 0 Å². The number of aromatic nitrogens is 4. The zero-order valence-corrected chi connectivity index (χ0v) is 29.8. The van der Waals surface area contributed by atoms with Gasteiger partial charge in [-0.25, -0.2) is 19.9 Å². The van der Waals surface area contributed by atoms with E-state index in [4.69, 9.17) is 28.8 Å². The van der Waals surface area contributed by atoms with Crippen molar-refractivity contribution in [3.8, 4) is 45.6 Å². The van der Waals surface area contributed by atoms with Crippen LogP contribution in [0.2, 0.25) is 0 Å². The van der Waals surface area contributed by atoms with Crippen molar-refractivity contribution in [2.45, 2.75) is 0 Å². The molecule has 56 heavy (non-hydrogen) atoms. The van der Waals surface area contributed by atoms with E-state index in [0.717, 1.165) is 76.2 Å². The summed E-state index contributed by atoms with van der Waals surface area (Å²) < 4.78 is 13.5. The van der Waals surface area contributed by atoms with E-state index in [-0.39, 0.29) is 0 Å². The number of fused-ring (bicyclic) bond motifs is 11. The highest BCUT2D eigenvalue weighted by Gasteiger charge is 2.24. The second-order valence-electron chi connectivity index (χ2n) is 14.1. The highest BCUT2D eigenvalue weighted by Crippen LogP contribution is 2.44. The van der Waals surface area contributed by atoms with Gasteiger partial charge in [0, 0.05) is 22.1 Å². The molecule has 0 radical (unpaired) electrons. The van der Waals surface area contributed by atoms with Gasteiger partial charge in [0.15, 0.2) is 23.1 Å². The Labute approximate surface area is 319 Å². The zero-order chi connectivity index (χ0) is 36.7. The minimum absolute atomic E-state index is 0.517. The number of nitrogens with zero attached hydrogens (tertiary/aromatic N) is 4. The van der Waals surface area contributed by atoms with E-state index >= 15 is 0 Å². The van der Waals surface area contributed by atoms with Gasteiger partial charge in [0.1, 0.15) is 16.7 Å². The maximum atomic E-state index is 6.87. The predicted octanol–water partition coefficient (Wildman–Crippen LogP) is 13.2. The first-order chi connectivity index (χ1) is 27.7. The molecule has 0 spiro atoms. The third kappa shape index (κ3) is 4.63. The van der Waals surface area contributed by atoms with Gasteiger partial charge in [-0.15, -0.1) is 0 Å². The number of benzene rings is 9. The molecule has 9 aromatic carbocycles. The number of furan rings is 1. The van der Waals surface area contributed by atoms with Crippen LogP contribution in [-0.2, 0) is 0 Å². The van der Waals surface area contributed by atoms with Crippen molar-refractivity contribution in [2.75, 3.05) is 0 Å². The highest BCUT2D eigenvalue weighted by atomic mass is 16.4. The second-order valence-corrected chi connectivity index (χ2v) is 14.1. The van der Waals surface area contributed by atoms with Crippen LogP contribution in [-0.4, -0.2) is 19.9 Å². The van der Waals surface area contributed by atoms with Crippen molar-refractivity contribution in [2.24, 2.45) is 0 Å². The fourth-order valence-corrected chi connectivity index (χ4v) is 8.36. The van der Waals surface area contributed by atoms with Gasteiger partial charge >= 0.3 is 0 Å². The molecule has 0 amide bonds. The lowest BCUT2D eigenvalue weighted by molar-refractivity contribution is 0.622. The Bertz CT molecular complexity index is 3540. The molecule has 0 saturated heterocycles. The number of hydrogen-bond donors (Lipinski definition) is 0. The molecule has 0 N–H and O–H groups in total. The first-order valence-corrected chi connectivity index (χ1v) is 18.6. The normalized spacial score (nSPS) is 11.9. The highest BCUT2D eigenvalue weighted by molar-refractivity contribution is 6.27. The van der Waals surface area contributed by atoms with E-state index in [9.17, 15) is 0 Å². The van der Waals surface area contributed by atoms with E-state index in [1.807, 2.05) is 42.5 Å². The zero-order valence-electron chi connectivity index (χ0n) is 29.8. The lowest BCUT2D eigenvalue weighted by Gasteiger charge is -2.13. The van der Waals surface area contributed by atoms with Crippen LogP contribution >= 0.6 is 0 Å². The van der Waals surface area contributed by atoms with E-state index in [2.05, 4.69) is 127 Å². The molecule has 0 aliphatic rings. The van der Waals surface area contributed by atoms with Crippen LogP contribution in [0.4, 0.5) is 0 Å². The van der Waals surface area contributed by atoms with E-state index in [1.54, 1.807) is 0 Å². The van der Waals surface area contributed by atoms with Gasteiger partial charge in [0.05, 0.1) is 10.9 Å². The Hall–Kier alpha value is -7.70. The third-order valence-electron chi connectivity index (χ3n) is 10.9. The van der Waals surface area contributed by atoms with Gasteiger partial charge in [0.25, 0.3) is 0 Å². The molecule has 0 fully saturated rings. The Kier molecular flexibility index (Phi) is 6.53. The van der Waals surface area contributed by atoms with Crippen LogP contribution in [0.1, 0.15) is 0 Å². The average molecular weight is 717 g/mol. The van der Waals surface area contributed by atoms with Crippen LogP contribution < -0.4 is 0 Å². The molecular weight excluding hydrogens is 689 g/mol. The summed E-state index contributed by atoms with van der Waals surface area (Å²) in [6.45, 7) is 0. The van der Waals surface area contributed by atoms with E-state index in [0.29, 0.717) is 40.1 Å². The molecule has 0 bridgehead atoms. The molecule has 0 aliphatic carbocycles. The predicted molar refractivity (Wildman–Crippen MR) is 226 cm³/mol. The van der Waals surface area contributed by atoms with Crippen molar-refractivity contribution < 1.29 is 8.83 Å². The van der Waals surface area contributed by atoms with Gasteiger partial charge in [-0.1, -0.05) is 133 Å². The molecular formula is C50H28N4O2.